The van der Waals surface area contributed by atoms with Gasteiger partial charge >= 0.3 is 24.3 Å². The van der Waals surface area contributed by atoms with Crippen LogP contribution in [0.2, 0.25) is 12.1 Å². The summed E-state index contributed by atoms with van der Waals surface area (Å²) < 4.78 is 67.6. The molecule has 0 aliphatic heterocycles. The Morgan fingerprint density at radius 1 is 0.750 bits per heavy atom. The van der Waals surface area contributed by atoms with Crippen molar-refractivity contribution in [3.05, 3.63) is 0 Å². The summed E-state index contributed by atoms with van der Waals surface area (Å²) in [6, 6.07) is -1.49. The first-order valence-corrected chi connectivity index (χ1v) is 8.81. The average Bonchev–Trinajstić information content (AvgIpc) is 2.21. The Labute approximate surface area is 113 Å². The Balaban J connectivity index is -0.000000230. The van der Waals surface area contributed by atoms with Crippen molar-refractivity contribution < 1.29 is 49.9 Å². The standard InChI is InChI=1S/2C3H7F3OSi.CH2O3/c2*4-8(5,6)3-1-2-7;2-1(3)4/h2*7H,1-3H2;(H2,2,3,4). The fourth-order valence-electron chi connectivity index (χ4n) is 0.559. The van der Waals surface area contributed by atoms with Crippen molar-refractivity contribution in [2.24, 2.45) is 0 Å². The van der Waals surface area contributed by atoms with Crippen LogP contribution in [-0.4, -0.2) is 57.9 Å². The van der Waals surface area contributed by atoms with E-state index in [1.165, 1.54) is 0 Å². The zero-order valence-corrected chi connectivity index (χ0v) is 12.2. The fourth-order valence-corrected chi connectivity index (χ4v) is 1.68. The van der Waals surface area contributed by atoms with Crippen LogP contribution in [0.4, 0.5) is 29.4 Å². The summed E-state index contributed by atoms with van der Waals surface area (Å²) >= 11 is 0. The van der Waals surface area contributed by atoms with Crippen LogP contribution < -0.4 is 0 Å². The van der Waals surface area contributed by atoms with Crippen LogP contribution >= 0.6 is 0 Å². The Morgan fingerprint density at radius 3 is 1.00 bits per heavy atom. The molecule has 5 nitrogen and oxygen atoms in total. The van der Waals surface area contributed by atoms with Gasteiger partial charge < -0.3 is 20.4 Å². The number of rotatable bonds is 6. The molecule has 0 radical (unpaired) electrons. The van der Waals surface area contributed by atoms with Crippen LogP contribution in [0.15, 0.2) is 0 Å². The van der Waals surface area contributed by atoms with E-state index in [1.807, 2.05) is 0 Å². The van der Waals surface area contributed by atoms with E-state index in [0.29, 0.717) is 0 Å². The summed E-state index contributed by atoms with van der Waals surface area (Å²) in [6.45, 7) is -0.709. The molecule has 0 aromatic heterocycles. The molecule has 124 valence electrons. The molecule has 0 aliphatic carbocycles. The maximum Gasteiger partial charge on any atom is 0.616 e. The number of hydrogen-bond donors (Lipinski definition) is 4. The Hall–Kier alpha value is -0.796. The summed E-state index contributed by atoms with van der Waals surface area (Å²) in [5.74, 6) is 0. The molecule has 0 aliphatic rings. The fraction of sp³-hybridized carbons (Fsp3) is 0.857. The molecule has 4 N–H and O–H groups in total. The SMILES string of the molecule is O=C(O)O.OCCC[Si](F)(F)F.OCCC[Si](F)(F)F. The zero-order chi connectivity index (χ0) is 16.8. The Morgan fingerprint density at radius 2 is 0.950 bits per heavy atom. The van der Waals surface area contributed by atoms with E-state index in [1.54, 1.807) is 0 Å². The highest BCUT2D eigenvalue weighted by atomic mass is 28.5. The minimum absolute atomic E-state index is 0.129. The smallest absolute Gasteiger partial charge is 0.450 e. The first-order valence-electron chi connectivity index (χ1n) is 5.12. The lowest BCUT2D eigenvalue weighted by Crippen LogP contribution is -2.14. The van der Waals surface area contributed by atoms with Gasteiger partial charge in [-0.1, -0.05) is 0 Å². The third-order valence-electron chi connectivity index (χ3n) is 1.24. The minimum Gasteiger partial charge on any atom is -0.450 e. The van der Waals surface area contributed by atoms with Crippen molar-refractivity contribution in [3.8, 4) is 0 Å². The minimum atomic E-state index is -5.34. The lowest BCUT2D eigenvalue weighted by atomic mass is 10.5. The largest absolute Gasteiger partial charge is 0.616 e. The second kappa shape index (κ2) is 13.2. The molecule has 0 unspecified atom stereocenters. The Kier molecular flexibility index (Phi) is 16.0. The van der Waals surface area contributed by atoms with Crippen LogP contribution in [0.1, 0.15) is 12.8 Å². The van der Waals surface area contributed by atoms with Crippen LogP contribution in [0.25, 0.3) is 0 Å². The van der Waals surface area contributed by atoms with Crippen LogP contribution in [0, 0.1) is 0 Å². The summed E-state index contributed by atoms with van der Waals surface area (Å²) in [6.07, 6.45) is -2.09. The monoisotopic (exact) mass is 350 g/mol. The molecule has 0 aromatic rings. The Bertz CT molecular complexity index is 213. The first kappa shape index (κ1) is 24.2. The van der Waals surface area contributed by atoms with Gasteiger partial charge in [-0.15, -0.1) is 0 Å². The molecule has 0 heterocycles. The van der Waals surface area contributed by atoms with Crippen molar-refractivity contribution in [3.63, 3.8) is 0 Å². The van der Waals surface area contributed by atoms with Gasteiger partial charge in [-0.25, -0.2) is 29.4 Å². The highest BCUT2D eigenvalue weighted by Crippen LogP contribution is 2.16. The summed E-state index contributed by atoms with van der Waals surface area (Å²) in [5, 5.41) is 29.8. The molecule has 0 aromatic carbocycles. The molecular formula is C7H16F6O5Si2. The molecule has 0 amide bonds. The van der Waals surface area contributed by atoms with E-state index in [2.05, 4.69) is 0 Å². The topological polar surface area (TPSA) is 98.0 Å². The molecule has 20 heavy (non-hydrogen) atoms. The maximum atomic E-state index is 11.3. The van der Waals surface area contributed by atoms with Gasteiger partial charge in [0.2, 0.25) is 0 Å². The summed E-state index contributed by atoms with van der Waals surface area (Å²) in [7, 11) is -10.7. The van der Waals surface area contributed by atoms with E-state index in [4.69, 9.17) is 25.2 Å². The van der Waals surface area contributed by atoms with Gasteiger partial charge in [0.15, 0.2) is 0 Å². The van der Waals surface area contributed by atoms with Gasteiger partial charge in [0.1, 0.15) is 0 Å². The third-order valence-corrected chi connectivity index (χ3v) is 3.08. The third kappa shape index (κ3) is 53.3. The van der Waals surface area contributed by atoms with Crippen LogP contribution in [0.3, 0.4) is 0 Å². The van der Waals surface area contributed by atoms with E-state index in [9.17, 15) is 24.6 Å². The van der Waals surface area contributed by atoms with Crippen LogP contribution in [-0.2, 0) is 0 Å². The molecule has 13 heteroatoms. The highest BCUT2D eigenvalue weighted by molar-refractivity contribution is 6.58. The van der Waals surface area contributed by atoms with Gasteiger partial charge in [-0.3, -0.25) is 0 Å². The zero-order valence-electron chi connectivity index (χ0n) is 10.2. The predicted octanol–water partition coefficient (Wildman–Crippen LogP) is 2.65. The molecule has 0 fully saturated rings. The van der Waals surface area contributed by atoms with Crippen molar-refractivity contribution >= 4 is 24.3 Å². The summed E-state index contributed by atoms with van der Waals surface area (Å²) in [4.78, 5) is 8.56. The molecule has 0 saturated carbocycles. The van der Waals surface area contributed by atoms with Crippen molar-refractivity contribution in [2.45, 2.75) is 24.9 Å². The number of aliphatic hydroxyl groups is 2. The second-order valence-corrected chi connectivity index (χ2v) is 6.63. The molecule has 0 atom stereocenters. The normalized spacial score (nSPS) is 10.8. The predicted molar refractivity (Wildman–Crippen MR) is 61.8 cm³/mol. The maximum absolute atomic E-state index is 11.3. The van der Waals surface area contributed by atoms with E-state index in [-0.39, 0.29) is 26.1 Å². The van der Waals surface area contributed by atoms with Crippen LogP contribution in [0.5, 0.6) is 0 Å². The lowest BCUT2D eigenvalue weighted by molar-refractivity contribution is 0.137. The number of carbonyl (C=O) groups is 1. The number of hydrogen-bond acceptors (Lipinski definition) is 3. The molecule has 0 saturated heterocycles. The molecular weight excluding hydrogens is 334 g/mol. The van der Waals surface area contributed by atoms with Crippen molar-refractivity contribution in [1.29, 1.82) is 0 Å². The number of carboxylic acid groups (broad SMARTS) is 2. The quantitative estimate of drug-likeness (QED) is 0.335. The second-order valence-electron chi connectivity index (χ2n) is 3.17. The molecule has 0 bridgehead atoms. The molecule has 0 spiro atoms. The summed E-state index contributed by atoms with van der Waals surface area (Å²) in [5.41, 5.74) is 0. The molecule has 0 rings (SSSR count). The lowest BCUT2D eigenvalue weighted by Gasteiger charge is -1.97. The van der Waals surface area contributed by atoms with E-state index in [0.717, 1.165) is 0 Å². The van der Waals surface area contributed by atoms with Crippen molar-refractivity contribution in [2.75, 3.05) is 13.2 Å². The van der Waals surface area contributed by atoms with Gasteiger partial charge in [0, 0.05) is 25.3 Å². The number of halogens is 6. The highest BCUT2D eigenvalue weighted by Gasteiger charge is 2.35. The van der Waals surface area contributed by atoms with Gasteiger partial charge in [0.25, 0.3) is 0 Å². The average molecular weight is 350 g/mol. The van der Waals surface area contributed by atoms with Gasteiger partial charge in [-0.05, 0) is 12.8 Å². The van der Waals surface area contributed by atoms with Gasteiger partial charge in [-0.2, -0.15) is 0 Å². The van der Waals surface area contributed by atoms with Crippen molar-refractivity contribution in [1.82, 2.24) is 0 Å². The van der Waals surface area contributed by atoms with E-state index < -0.39 is 36.4 Å². The van der Waals surface area contributed by atoms with E-state index >= 15 is 0 Å². The van der Waals surface area contributed by atoms with Gasteiger partial charge in [0.05, 0.1) is 0 Å². The number of aliphatic hydroxyl groups excluding tert-OH is 2. The first-order chi connectivity index (χ1) is 8.85.